The lowest BCUT2D eigenvalue weighted by Crippen LogP contribution is -2.48. The van der Waals surface area contributed by atoms with Crippen molar-refractivity contribution in [3.05, 3.63) is 0 Å². The SMILES string of the molecule is COC(=O)C1C2CC3CC(C2)CC1C3. The van der Waals surface area contributed by atoms with Crippen molar-refractivity contribution in [2.45, 2.75) is 32.1 Å². The number of ether oxygens (including phenoxy) is 1. The Kier molecular flexibility index (Phi) is 1.86. The Bertz CT molecular complexity index is 231. The van der Waals surface area contributed by atoms with Crippen LogP contribution in [0.5, 0.6) is 0 Å². The fraction of sp³-hybridized carbons (Fsp3) is 0.917. The highest BCUT2D eigenvalue weighted by atomic mass is 16.5. The zero-order valence-electron chi connectivity index (χ0n) is 8.74. The van der Waals surface area contributed by atoms with Crippen LogP contribution < -0.4 is 0 Å². The standard InChI is InChI=1S/C12H18O2/c1-14-12(13)11-9-3-7-2-8(5-9)6-10(11)4-7/h7-11H,2-6H2,1H3. The molecule has 0 radical (unpaired) electrons. The molecule has 4 fully saturated rings. The largest absolute Gasteiger partial charge is 0.469 e. The zero-order valence-corrected chi connectivity index (χ0v) is 8.74. The van der Waals surface area contributed by atoms with Gasteiger partial charge in [0.25, 0.3) is 0 Å². The quantitative estimate of drug-likeness (QED) is 0.598. The number of methoxy groups -OCH3 is 1. The highest BCUT2D eigenvalue weighted by Gasteiger charge is 2.51. The van der Waals surface area contributed by atoms with Gasteiger partial charge in [0.1, 0.15) is 0 Å². The summed E-state index contributed by atoms with van der Waals surface area (Å²) in [6.45, 7) is 0. The molecule has 2 heteroatoms. The van der Waals surface area contributed by atoms with Crippen molar-refractivity contribution < 1.29 is 9.53 Å². The monoisotopic (exact) mass is 194 g/mol. The first kappa shape index (κ1) is 8.75. The third-order valence-electron chi connectivity index (χ3n) is 4.70. The predicted octanol–water partition coefficient (Wildman–Crippen LogP) is 2.23. The van der Waals surface area contributed by atoms with E-state index in [4.69, 9.17) is 4.74 Å². The number of rotatable bonds is 1. The highest BCUT2D eigenvalue weighted by molar-refractivity contribution is 5.73. The first-order chi connectivity index (χ1) is 6.78. The minimum atomic E-state index is 0.0683. The van der Waals surface area contributed by atoms with Gasteiger partial charge in [-0.05, 0) is 55.8 Å². The molecule has 0 spiro atoms. The van der Waals surface area contributed by atoms with Crippen LogP contribution in [0.2, 0.25) is 0 Å². The Morgan fingerprint density at radius 3 is 1.93 bits per heavy atom. The molecule has 4 aliphatic rings. The van der Waals surface area contributed by atoms with Gasteiger partial charge in [0.2, 0.25) is 0 Å². The van der Waals surface area contributed by atoms with E-state index < -0.39 is 0 Å². The van der Waals surface area contributed by atoms with Crippen LogP contribution in [0, 0.1) is 29.6 Å². The van der Waals surface area contributed by atoms with Crippen molar-refractivity contribution in [1.29, 1.82) is 0 Å². The average Bonchev–Trinajstić information content (AvgIpc) is 2.15. The molecule has 0 aromatic heterocycles. The van der Waals surface area contributed by atoms with Crippen LogP contribution in [0.3, 0.4) is 0 Å². The first-order valence-corrected chi connectivity index (χ1v) is 5.85. The van der Waals surface area contributed by atoms with Crippen LogP contribution in [0.15, 0.2) is 0 Å². The minimum Gasteiger partial charge on any atom is -0.469 e. The second-order valence-electron chi connectivity index (χ2n) is 5.48. The summed E-state index contributed by atoms with van der Waals surface area (Å²) in [5.41, 5.74) is 0. The van der Waals surface area contributed by atoms with E-state index in [1.165, 1.54) is 39.2 Å². The van der Waals surface area contributed by atoms with Crippen molar-refractivity contribution >= 4 is 5.97 Å². The maximum Gasteiger partial charge on any atom is 0.309 e. The van der Waals surface area contributed by atoms with Gasteiger partial charge in [0, 0.05) is 0 Å². The second kappa shape index (κ2) is 2.98. The Labute approximate surface area is 85.0 Å². The number of hydrogen-bond acceptors (Lipinski definition) is 2. The summed E-state index contributed by atoms with van der Waals surface area (Å²) >= 11 is 0. The molecule has 0 atom stereocenters. The van der Waals surface area contributed by atoms with E-state index in [1.54, 1.807) is 0 Å². The lowest BCUT2D eigenvalue weighted by molar-refractivity contribution is -0.159. The van der Waals surface area contributed by atoms with Gasteiger partial charge in [0.05, 0.1) is 13.0 Å². The van der Waals surface area contributed by atoms with Crippen molar-refractivity contribution in [2.24, 2.45) is 29.6 Å². The zero-order chi connectivity index (χ0) is 9.71. The van der Waals surface area contributed by atoms with Crippen molar-refractivity contribution in [3.8, 4) is 0 Å². The van der Waals surface area contributed by atoms with Gasteiger partial charge >= 0.3 is 5.97 Å². The molecule has 2 nitrogen and oxygen atoms in total. The van der Waals surface area contributed by atoms with Crippen LogP contribution in [-0.2, 0) is 9.53 Å². The van der Waals surface area contributed by atoms with Crippen LogP contribution in [-0.4, -0.2) is 13.1 Å². The second-order valence-corrected chi connectivity index (χ2v) is 5.48. The number of carbonyl (C=O) groups excluding carboxylic acids is 1. The van der Waals surface area contributed by atoms with Gasteiger partial charge in [-0.1, -0.05) is 0 Å². The molecule has 0 aliphatic heterocycles. The summed E-state index contributed by atoms with van der Waals surface area (Å²) in [6.07, 6.45) is 6.64. The summed E-state index contributed by atoms with van der Waals surface area (Å²) in [6, 6.07) is 0. The smallest absolute Gasteiger partial charge is 0.309 e. The molecule has 4 rings (SSSR count). The molecule has 78 valence electrons. The predicted molar refractivity (Wildman–Crippen MR) is 52.6 cm³/mol. The van der Waals surface area contributed by atoms with Gasteiger partial charge in [-0.3, -0.25) is 4.79 Å². The average molecular weight is 194 g/mol. The Morgan fingerprint density at radius 1 is 1.00 bits per heavy atom. The third-order valence-corrected chi connectivity index (χ3v) is 4.70. The van der Waals surface area contributed by atoms with Crippen molar-refractivity contribution in [3.63, 3.8) is 0 Å². The van der Waals surface area contributed by atoms with E-state index in [0.717, 1.165) is 11.8 Å². The molecule has 0 amide bonds. The van der Waals surface area contributed by atoms with E-state index in [9.17, 15) is 4.79 Å². The molecule has 0 aromatic carbocycles. The molecule has 0 saturated heterocycles. The lowest BCUT2D eigenvalue weighted by Gasteiger charge is -2.53. The molecule has 0 N–H and O–H groups in total. The molecule has 0 aromatic rings. The van der Waals surface area contributed by atoms with Gasteiger partial charge in [-0.2, -0.15) is 0 Å². The number of hydrogen-bond donors (Lipinski definition) is 0. The van der Waals surface area contributed by atoms with Gasteiger partial charge in [-0.15, -0.1) is 0 Å². The minimum absolute atomic E-state index is 0.0683. The summed E-state index contributed by atoms with van der Waals surface area (Å²) in [5, 5.41) is 0. The van der Waals surface area contributed by atoms with Gasteiger partial charge in [0.15, 0.2) is 0 Å². The molecule has 4 saturated carbocycles. The summed E-state index contributed by atoms with van der Waals surface area (Å²) in [5.74, 6) is 3.54. The van der Waals surface area contributed by atoms with Gasteiger partial charge < -0.3 is 4.74 Å². The van der Waals surface area contributed by atoms with Crippen LogP contribution in [0.1, 0.15) is 32.1 Å². The van der Waals surface area contributed by atoms with E-state index in [-0.39, 0.29) is 11.9 Å². The van der Waals surface area contributed by atoms with Crippen molar-refractivity contribution in [1.82, 2.24) is 0 Å². The number of esters is 1. The summed E-state index contributed by atoms with van der Waals surface area (Å²) in [4.78, 5) is 11.7. The Morgan fingerprint density at radius 2 is 1.50 bits per heavy atom. The summed E-state index contributed by atoms with van der Waals surface area (Å²) in [7, 11) is 1.54. The van der Waals surface area contributed by atoms with Crippen molar-refractivity contribution in [2.75, 3.05) is 7.11 Å². The molecule has 4 bridgehead atoms. The molecular formula is C12H18O2. The van der Waals surface area contributed by atoms with Gasteiger partial charge in [-0.25, -0.2) is 0 Å². The first-order valence-electron chi connectivity index (χ1n) is 5.85. The third kappa shape index (κ3) is 1.12. The molecule has 14 heavy (non-hydrogen) atoms. The lowest BCUT2D eigenvalue weighted by atomic mass is 9.52. The topological polar surface area (TPSA) is 26.3 Å². The van der Waals surface area contributed by atoms with Crippen LogP contribution in [0.25, 0.3) is 0 Å². The number of carbonyl (C=O) groups is 1. The summed E-state index contributed by atoms with van der Waals surface area (Å²) < 4.78 is 4.94. The maximum atomic E-state index is 11.7. The molecule has 0 heterocycles. The molecule has 4 aliphatic carbocycles. The van der Waals surface area contributed by atoms with E-state index in [2.05, 4.69) is 0 Å². The van der Waals surface area contributed by atoms with E-state index >= 15 is 0 Å². The van der Waals surface area contributed by atoms with E-state index in [0.29, 0.717) is 11.8 Å². The van der Waals surface area contributed by atoms with Crippen LogP contribution in [0.4, 0.5) is 0 Å². The highest BCUT2D eigenvalue weighted by Crippen LogP contribution is 2.56. The fourth-order valence-electron chi connectivity index (χ4n) is 4.45. The molecular weight excluding hydrogens is 176 g/mol. The fourth-order valence-corrected chi connectivity index (χ4v) is 4.45. The normalized spacial score (nSPS) is 49.4. The van der Waals surface area contributed by atoms with E-state index in [1.807, 2.05) is 0 Å². The molecule has 0 unspecified atom stereocenters. The Balaban J connectivity index is 1.84. The maximum absolute atomic E-state index is 11.7. The Hall–Kier alpha value is -0.530. The van der Waals surface area contributed by atoms with Crippen LogP contribution >= 0.6 is 0 Å².